The monoisotopic (exact) mass is 346 g/mol. The number of amides is 1. The molecule has 25 heavy (non-hydrogen) atoms. The van der Waals surface area contributed by atoms with Crippen LogP contribution in [-0.4, -0.2) is 50.2 Å². The van der Waals surface area contributed by atoms with Gasteiger partial charge in [-0.25, -0.2) is 4.68 Å². The average Bonchev–Trinajstić information content (AvgIpc) is 3.00. The number of likely N-dealkylation sites (tertiary alicyclic amines) is 1. The highest BCUT2D eigenvalue weighted by molar-refractivity contribution is 5.77. The highest BCUT2D eigenvalue weighted by atomic mass is 16.2. The van der Waals surface area contributed by atoms with Gasteiger partial charge in [0.2, 0.25) is 11.9 Å². The van der Waals surface area contributed by atoms with E-state index in [1.165, 1.54) is 12.6 Å². The van der Waals surface area contributed by atoms with Gasteiger partial charge in [0.15, 0.2) is 5.65 Å². The number of piperidine rings is 1. The first-order valence-corrected chi connectivity index (χ1v) is 8.86. The fourth-order valence-corrected chi connectivity index (χ4v) is 3.08. The third kappa shape index (κ3) is 3.83. The maximum Gasteiger partial charge on any atom is 0.263 e. The maximum absolute atomic E-state index is 12.2. The third-order valence-electron chi connectivity index (χ3n) is 4.41. The first kappa shape index (κ1) is 17.4. The van der Waals surface area contributed by atoms with E-state index in [2.05, 4.69) is 20.4 Å². The lowest BCUT2D eigenvalue weighted by atomic mass is 10.1. The van der Waals surface area contributed by atoms with E-state index in [1.807, 2.05) is 25.7 Å². The number of nitrogens with zero attached hydrogens (tertiary/aromatic N) is 4. The molecule has 0 radical (unpaired) electrons. The van der Waals surface area contributed by atoms with E-state index in [9.17, 15) is 9.59 Å². The van der Waals surface area contributed by atoms with Crippen LogP contribution in [0.4, 0.5) is 5.95 Å². The number of hydrogen-bond acceptors (Lipinski definition) is 5. The highest BCUT2D eigenvalue weighted by Crippen LogP contribution is 2.18. The summed E-state index contributed by atoms with van der Waals surface area (Å²) >= 11 is 0. The molecule has 1 fully saturated rings. The van der Waals surface area contributed by atoms with E-state index < -0.39 is 0 Å². The number of H-pyrrole nitrogens is 1. The van der Waals surface area contributed by atoms with Gasteiger partial charge < -0.3 is 10.2 Å². The Morgan fingerprint density at radius 1 is 1.28 bits per heavy atom. The van der Waals surface area contributed by atoms with E-state index in [0.29, 0.717) is 29.9 Å². The summed E-state index contributed by atoms with van der Waals surface area (Å²) in [4.78, 5) is 33.5. The number of fused-ring (bicyclic) bond motifs is 1. The third-order valence-corrected chi connectivity index (χ3v) is 4.41. The topological polar surface area (TPSA) is 95.9 Å². The van der Waals surface area contributed by atoms with Gasteiger partial charge in [-0.15, -0.1) is 0 Å². The Morgan fingerprint density at radius 2 is 2.00 bits per heavy atom. The standard InChI is InChI=1S/C17H26N6O2/c1-17(2,3)23-14-12(11-19-23)15(25)21-16(20-14)18-8-7-13(24)22-9-5-4-6-10-22/h11H,4-10H2,1-3H3,(H2,18,20,21,25). The van der Waals surface area contributed by atoms with Crippen molar-refractivity contribution in [3.05, 3.63) is 16.6 Å². The van der Waals surface area contributed by atoms with Crippen molar-refractivity contribution >= 4 is 22.9 Å². The van der Waals surface area contributed by atoms with Crippen molar-refractivity contribution in [1.82, 2.24) is 24.6 Å². The van der Waals surface area contributed by atoms with Crippen molar-refractivity contribution in [1.29, 1.82) is 0 Å². The molecule has 0 unspecified atom stereocenters. The maximum atomic E-state index is 12.2. The van der Waals surface area contributed by atoms with Gasteiger partial charge in [-0.1, -0.05) is 0 Å². The first-order chi connectivity index (χ1) is 11.9. The molecule has 0 bridgehead atoms. The molecule has 8 heteroatoms. The van der Waals surface area contributed by atoms with E-state index in [4.69, 9.17) is 0 Å². The van der Waals surface area contributed by atoms with Crippen molar-refractivity contribution in [3.63, 3.8) is 0 Å². The second-order valence-corrected chi connectivity index (χ2v) is 7.50. The van der Waals surface area contributed by atoms with Gasteiger partial charge in [-0.05, 0) is 40.0 Å². The summed E-state index contributed by atoms with van der Waals surface area (Å²) in [7, 11) is 0. The molecule has 0 spiro atoms. The number of aromatic amines is 1. The fourth-order valence-electron chi connectivity index (χ4n) is 3.08. The van der Waals surface area contributed by atoms with Crippen LogP contribution < -0.4 is 10.9 Å². The van der Waals surface area contributed by atoms with Gasteiger partial charge in [-0.2, -0.15) is 10.1 Å². The Morgan fingerprint density at radius 3 is 2.68 bits per heavy atom. The molecule has 0 atom stereocenters. The molecule has 1 saturated heterocycles. The zero-order valence-electron chi connectivity index (χ0n) is 15.1. The van der Waals surface area contributed by atoms with Crippen LogP contribution in [0.5, 0.6) is 0 Å². The normalized spacial score (nSPS) is 15.6. The Kier molecular flexibility index (Phi) is 4.78. The number of carbonyl (C=O) groups is 1. The Bertz CT molecular complexity index is 811. The summed E-state index contributed by atoms with van der Waals surface area (Å²) < 4.78 is 1.74. The van der Waals surface area contributed by atoms with Crippen molar-refractivity contribution in [2.45, 2.75) is 52.0 Å². The molecule has 136 valence electrons. The summed E-state index contributed by atoms with van der Waals surface area (Å²) in [5.41, 5.74) is 0.0378. The van der Waals surface area contributed by atoms with Crippen molar-refractivity contribution in [2.75, 3.05) is 25.0 Å². The SMILES string of the molecule is CC(C)(C)n1ncc2c(=O)[nH]c(NCCC(=O)N3CCCCC3)nc21. The lowest BCUT2D eigenvalue weighted by Crippen LogP contribution is -2.36. The summed E-state index contributed by atoms with van der Waals surface area (Å²) in [6, 6.07) is 0. The summed E-state index contributed by atoms with van der Waals surface area (Å²) in [5, 5.41) is 7.81. The molecule has 0 aliphatic carbocycles. The number of aromatic nitrogens is 4. The molecule has 2 N–H and O–H groups in total. The molecule has 0 aromatic carbocycles. The van der Waals surface area contributed by atoms with Gasteiger partial charge in [-0.3, -0.25) is 14.6 Å². The fraction of sp³-hybridized carbons (Fsp3) is 0.647. The van der Waals surface area contributed by atoms with Gasteiger partial charge in [0, 0.05) is 26.1 Å². The van der Waals surface area contributed by atoms with Crippen LogP contribution in [0.1, 0.15) is 46.5 Å². The zero-order chi connectivity index (χ0) is 18.0. The highest BCUT2D eigenvalue weighted by Gasteiger charge is 2.20. The molecule has 8 nitrogen and oxygen atoms in total. The van der Waals surface area contributed by atoms with Crippen LogP contribution in [0.15, 0.2) is 11.0 Å². The van der Waals surface area contributed by atoms with Crippen molar-refractivity contribution in [3.8, 4) is 0 Å². The minimum atomic E-state index is -0.274. The van der Waals surface area contributed by atoms with Crippen molar-refractivity contribution < 1.29 is 4.79 Å². The molecular formula is C17H26N6O2. The zero-order valence-corrected chi connectivity index (χ0v) is 15.1. The van der Waals surface area contributed by atoms with E-state index in [-0.39, 0.29) is 17.0 Å². The van der Waals surface area contributed by atoms with E-state index >= 15 is 0 Å². The molecule has 2 aromatic rings. The average molecular weight is 346 g/mol. The Labute approximate surface area is 146 Å². The largest absolute Gasteiger partial charge is 0.355 e. The first-order valence-electron chi connectivity index (χ1n) is 8.86. The quantitative estimate of drug-likeness (QED) is 0.878. The molecule has 1 aliphatic rings. The molecule has 1 aliphatic heterocycles. The number of rotatable bonds is 4. The van der Waals surface area contributed by atoms with E-state index in [0.717, 1.165) is 25.9 Å². The van der Waals surface area contributed by atoms with Crippen LogP contribution in [0.2, 0.25) is 0 Å². The molecule has 0 saturated carbocycles. The number of anilines is 1. The smallest absolute Gasteiger partial charge is 0.263 e. The van der Waals surface area contributed by atoms with Crippen LogP contribution >= 0.6 is 0 Å². The van der Waals surface area contributed by atoms with Crippen LogP contribution in [0.3, 0.4) is 0 Å². The minimum absolute atomic E-state index is 0.148. The minimum Gasteiger partial charge on any atom is -0.355 e. The predicted octanol–water partition coefficient (Wildman–Crippen LogP) is 1.69. The number of nitrogens with one attached hydrogen (secondary N) is 2. The van der Waals surface area contributed by atoms with Crippen LogP contribution in [0.25, 0.3) is 11.0 Å². The summed E-state index contributed by atoms with van der Waals surface area (Å²) in [6.07, 6.45) is 5.30. The van der Waals surface area contributed by atoms with Crippen molar-refractivity contribution in [2.24, 2.45) is 0 Å². The van der Waals surface area contributed by atoms with Gasteiger partial charge in [0.25, 0.3) is 5.56 Å². The number of carbonyl (C=O) groups excluding carboxylic acids is 1. The predicted molar refractivity (Wildman–Crippen MR) is 96.7 cm³/mol. The van der Waals surface area contributed by atoms with Gasteiger partial charge >= 0.3 is 0 Å². The summed E-state index contributed by atoms with van der Waals surface area (Å²) in [6.45, 7) is 8.16. The van der Waals surface area contributed by atoms with Crippen LogP contribution in [-0.2, 0) is 10.3 Å². The summed E-state index contributed by atoms with van der Waals surface area (Å²) in [5.74, 6) is 0.519. The Balaban J connectivity index is 1.69. The Hall–Kier alpha value is -2.38. The second kappa shape index (κ2) is 6.85. The molecule has 3 heterocycles. The lowest BCUT2D eigenvalue weighted by molar-refractivity contribution is -0.131. The second-order valence-electron chi connectivity index (χ2n) is 7.50. The van der Waals surface area contributed by atoms with Crippen LogP contribution in [0, 0.1) is 0 Å². The molecule has 2 aromatic heterocycles. The lowest BCUT2D eigenvalue weighted by Gasteiger charge is -2.26. The molecule has 1 amide bonds. The molecular weight excluding hydrogens is 320 g/mol. The van der Waals surface area contributed by atoms with E-state index in [1.54, 1.807) is 4.68 Å². The van der Waals surface area contributed by atoms with Gasteiger partial charge in [0.1, 0.15) is 5.39 Å². The van der Waals surface area contributed by atoms with Gasteiger partial charge in [0.05, 0.1) is 11.7 Å². The number of hydrogen-bond donors (Lipinski definition) is 2. The molecule has 3 rings (SSSR count).